The van der Waals surface area contributed by atoms with Gasteiger partial charge in [-0.1, -0.05) is 0 Å². The Morgan fingerprint density at radius 1 is 1.12 bits per heavy atom. The monoisotopic (exact) mass is 367 g/mol. The summed E-state index contributed by atoms with van der Waals surface area (Å²) in [4.78, 5) is 0. The van der Waals surface area contributed by atoms with Crippen LogP contribution in [0.15, 0.2) is 18.2 Å². The van der Waals surface area contributed by atoms with E-state index in [1.807, 2.05) is 0 Å². The maximum atomic E-state index is 14.2. The number of nitrogens with two attached hydrogens (primary N) is 1. The summed E-state index contributed by atoms with van der Waals surface area (Å²) >= 11 is -2.87. The summed E-state index contributed by atoms with van der Waals surface area (Å²) in [6.45, 7) is 0. The van der Waals surface area contributed by atoms with Crippen molar-refractivity contribution >= 4 is 28.4 Å². The topological polar surface area (TPSA) is 135 Å². The van der Waals surface area contributed by atoms with E-state index in [2.05, 4.69) is 9.50 Å². The van der Waals surface area contributed by atoms with Crippen molar-refractivity contribution in [2.45, 2.75) is 0 Å². The average Bonchev–Trinajstić information content (AvgIpc) is 2.55. The number of hydrogen-bond donors (Lipinski definition) is 2. The molecular formula is C14H6F3N4O3S-. The average molecular weight is 367 g/mol. The first kappa shape index (κ1) is 18.1. The molecule has 1 unspecified atom stereocenters. The van der Waals surface area contributed by atoms with Gasteiger partial charge in [0, 0.05) is 5.69 Å². The van der Waals surface area contributed by atoms with E-state index in [1.165, 1.54) is 18.2 Å². The molecule has 0 aliphatic rings. The maximum Gasteiger partial charge on any atom is 0.181 e. The lowest BCUT2D eigenvalue weighted by Gasteiger charge is -2.14. The van der Waals surface area contributed by atoms with Gasteiger partial charge in [0.05, 0.1) is 11.4 Å². The molecule has 0 aliphatic heterocycles. The van der Waals surface area contributed by atoms with Gasteiger partial charge in [0.2, 0.25) is 0 Å². The molecule has 0 heterocycles. The molecule has 7 nitrogen and oxygen atoms in total. The van der Waals surface area contributed by atoms with Gasteiger partial charge in [0.1, 0.15) is 34.6 Å². The van der Waals surface area contributed by atoms with Crippen LogP contribution >= 0.6 is 0 Å². The van der Waals surface area contributed by atoms with E-state index < -0.39 is 45.6 Å². The number of benzene rings is 2. The van der Waals surface area contributed by atoms with Crippen LogP contribution < -0.4 is 15.2 Å². The Morgan fingerprint density at radius 2 is 1.72 bits per heavy atom. The van der Waals surface area contributed by atoms with E-state index in [4.69, 9.17) is 16.3 Å². The molecule has 0 saturated carbocycles. The molecule has 3 N–H and O–H groups in total. The second-order valence-electron chi connectivity index (χ2n) is 4.46. The maximum absolute atomic E-state index is 14.2. The summed E-state index contributed by atoms with van der Waals surface area (Å²) in [5.41, 5.74) is 2.45. The lowest BCUT2D eigenvalue weighted by molar-refractivity contribution is 0.441. The van der Waals surface area contributed by atoms with E-state index in [9.17, 15) is 21.9 Å². The minimum atomic E-state index is -2.87. The Hall–Kier alpha value is -3.28. The molecule has 0 radical (unpaired) electrons. The van der Waals surface area contributed by atoms with Crippen molar-refractivity contribution in [1.29, 1.82) is 10.5 Å². The van der Waals surface area contributed by atoms with Crippen LogP contribution in [0.5, 0.6) is 5.75 Å². The van der Waals surface area contributed by atoms with Gasteiger partial charge in [-0.3, -0.25) is 0 Å². The zero-order valence-corrected chi connectivity index (χ0v) is 12.8. The number of anilines is 3. The van der Waals surface area contributed by atoms with E-state index in [0.29, 0.717) is 0 Å². The Labute approximate surface area is 141 Å². The molecular weight excluding hydrogens is 361 g/mol. The van der Waals surface area contributed by atoms with Crippen LogP contribution in [0.25, 0.3) is 0 Å². The Morgan fingerprint density at radius 3 is 2.24 bits per heavy atom. The first-order valence-corrected chi connectivity index (χ1v) is 7.24. The van der Waals surface area contributed by atoms with E-state index in [1.54, 1.807) is 0 Å². The van der Waals surface area contributed by atoms with Gasteiger partial charge in [-0.05, 0) is 18.2 Å². The molecule has 11 heteroatoms. The van der Waals surface area contributed by atoms with Gasteiger partial charge < -0.3 is 19.8 Å². The van der Waals surface area contributed by atoms with Crippen molar-refractivity contribution in [3.63, 3.8) is 0 Å². The number of nitriles is 2. The van der Waals surface area contributed by atoms with Crippen molar-refractivity contribution in [1.82, 2.24) is 0 Å². The standard InChI is InChI=1S/C14H7F3N4O3S/c15-11-7(4-18)13(17)14(8(5-19)12(11)16)21-6-1-2-10(9(20)3-6)24-25(22)23/h1-3,21H,20H2,(H,22,23)/p-1. The Bertz CT molecular complexity index is 970. The highest BCUT2D eigenvalue weighted by Crippen LogP contribution is 2.33. The first-order chi connectivity index (χ1) is 11.8. The van der Waals surface area contributed by atoms with Crippen LogP contribution in [0.2, 0.25) is 0 Å². The largest absolute Gasteiger partial charge is 0.740 e. The van der Waals surface area contributed by atoms with Crippen LogP contribution in [-0.2, 0) is 11.4 Å². The summed E-state index contributed by atoms with van der Waals surface area (Å²) in [5.74, 6) is -5.14. The van der Waals surface area contributed by atoms with Gasteiger partial charge in [-0.25, -0.2) is 17.4 Å². The highest BCUT2D eigenvalue weighted by Gasteiger charge is 2.25. The van der Waals surface area contributed by atoms with Gasteiger partial charge >= 0.3 is 0 Å². The highest BCUT2D eigenvalue weighted by molar-refractivity contribution is 7.74. The molecule has 0 aliphatic carbocycles. The molecule has 0 bridgehead atoms. The normalized spacial score (nSPS) is 11.3. The smallest absolute Gasteiger partial charge is 0.181 e. The molecule has 1 atom stereocenters. The zero-order chi connectivity index (χ0) is 18.7. The number of halogens is 3. The molecule has 0 aromatic heterocycles. The molecule has 0 spiro atoms. The van der Waals surface area contributed by atoms with Crippen LogP contribution in [0.1, 0.15) is 11.1 Å². The molecule has 0 amide bonds. The molecule has 25 heavy (non-hydrogen) atoms. The molecule has 0 saturated heterocycles. The highest BCUT2D eigenvalue weighted by atomic mass is 32.2. The third-order valence-corrected chi connectivity index (χ3v) is 3.30. The van der Waals surface area contributed by atoms with Crippen molar-refractivity contribution < 1.29 is 26.1 Å². The third kappa shape index (κ3) is 3.47. The number of nitrogens with one attached hydrogen (secondary N) is 1. The van der Waals surface area contributed by atoms with E-state index in [0.717, 1.165) is 12.1 Å². The summed E-state index contributed by atoms with van der Waals surface area (Å²) in [5, 5.41) is 20.0. The van der Waals surface area contributed by atoms with Crippen molar-refractivity contribution in [2.75, 3.05) is 11.1 Å². The van der Waals surface area contributed by atoms with Crippen molar-refractivity contribution in [2.24, 2.45) is 0 Å². The predicted octanol–water partition coefficient (Wildman–Crippen LogP) is 2.35. The SMILES string of the molecule is N#Cc1c(F)c(F)c(C#N)c(Nc2ccc(OS(=O)[O-])c(N)c2)c1F. The van der Waals surface area contributed by atoms with E-state index >= 15 is 0 Å². The summed E-state index contributed by atoms with van der Waals surface area (Å²) in [7, 11) is 0. The molecule has 2 rings (SSSR count). The van der Waals surface area contributed by atoms with Crippen LogP contribution in [0.4, 0.5) is 30.2 Å². The lowest BCUT2D eigenvalue weighted by Crippen LogP contribution is -2.07. The number of nitrogens with zero attached hydrogens (tertiary/aromatic N) is 2. The zero-order valence-electron chi connectivity index (χ0n) is 12.0. The van der Waals surface area contributed by atoms with Gasteiger partial charge in [0.25, 0.3) is 0 Å². The van der Waals surface area contributed by atoms with Crippen molar-refractivity contribution in [3.8, 4) is 17.9 Å². The minimum absolute atomic E-state index is 0.00632. The molecule has 2 aromatic carbocycles. The summed E-state index contributed by atoms with van der Waals surface area (Å²) in [6, 6.07) is 5.88. The fraction of sp³-hybridized carbons (Fsp3) is 0. The van der Waals surface area contributed by atoms with Gasteiger partial charge in [-0.15, -0.1) is 0 Å². The molecule has 2 aromatic rings. The van der Waals surface area contributed by atoms with Crippen LogP contribution in [-0.4, -0.2) is 8.76 Å². The number of hydrogen-bond acceptors (Lipinski definition) is 7. The Kier molecular flexibility index (Phi) is 5.12. The lowest BCUT2D eigenvalue weighted by atomic mass is 10.1. The van der Waals surface area contributed by atoms with Gasteiger partial charge in [-0.2, -0.15) is 10.5 Å². The quantitative estimate of drug-likeness (QED) is 0.481. The first-order valence-electron chi connectivity index (χ1n) is 6.24. The summed E-state index contributed by atoms with van der Waals surface area (Å²) in [6.07, 6.45) is 0. The van der Waals surface area contributed by atoms with E-state index in [-0.39, 0.29) is 17.1 Å². The van der Waals surface area contributed by atoms with Crippen LogP contribution in [0, 0.1) is 40.1 Å². The van der Waals surface area contributed by atoms with Gasteiger partial charge in [0.15, 0.2) is 23.2 Å². The summed E-state index contributed by atoms with van der Waals surface area (Å²) < 4.78 is 66.9. The third-order valence-electron chi connectivity index (χ3n) is 2.98. The Balaban J connectivity index is 2.53. The van der Waals surface area contributed by atoms with Crippen molar-refractivity contribution in [3.05, 3.63) is 46.8 Å². The minimum Gasteiger partial charge on any atom is -0.740 e. The second-order valence-corrected chi connectivity index (χ2v) is 5.03. The molecule has 128 valence electrons. The fourth-order valence-corrected chi connectivity index (χ4v) is 2.20. The molecule has 0 fully saturated rings. The number of rotatable bonds is 4. The second kappa shape index (κ2) is 7.09. The number of nitrogen functional groups attached to an aromatic ring is 1. The fourth-order valence-electron chi connectivity index (χ4n) is 1.90. The van der Waals surface area contributed by atoms with Crippen LogP contribution in [0.3, 0.4) is 0 Å². The predicted molar refractivity (Wildman–Crippen MR) is 79.4 cm³/mol.